The van der Waals surface area contributed by atoms with Crippen LogP contribution in [-0.4, -0.2) is 31.1 Å². The zero-order chi connectivity index (χ0) is 15.8. The molecule has 1 rings (SSSR count). The summed E-state index contributed by atoms with van der Waals surface area (Å²) in [5.74, 6) is 0.289. The van der Waals surface area contributed by atoms with Crippen LogP contribution in [0.1, 0.15) is 23.7 Å². The molecule has 1 aromatic rings. The Labute approximate surface area is 128 Å². The number of benzene rings is 1. The van der Waals surface area contributed by atoms with E-state index in [-0.39, 0.29) is 11.0 Å². The van der Waals surface area contributed by atoms with E-state index in [1.165, 1.54) is 20.3 Å². The minimum absolute atomic E-state index is 0.0238. The van der Waals surface area contributed by atoms with Crippen molar-refractivity contribution in [2.75, 3.05) is 14.2 Å². The Hall–Kier alpha value is -2.35. The summed E-state index contributed by atoms with van der Waals surface area (Å²) in [6.45, 7) is 1.69. The minimum Gasteiger partial charge on any atom is -0.493 e. The van der Waals surface area contributed by atoms with Crippen LogP contribution in [0.4, 0.5) is 0 Å². The van der Waals surface area contributed by atoms with Gasteiger partial charge in [-0.15, -0.1) is 0 Å². The van der Waals surface area contributed by atoms with E-state index in [2.05, 4.69) is 16.2 Å². The summed E-state index contributed by atoms with van der Waals surface area (Å²) in [5, 5.41) is 2.42. The van der Waals surface area contributed by atoms with Gasteiger partial charge in [-0.3, -0.25) is 20.4 Å². The summed E-state index contributed by atoms with van der Waals surface area (Å²) in [4.78, 5) is 23.0. The predicted molar refractivity (Wildman–Crippen MR) is 81.2 cm³/mol. The summed E-state index contributed by atoms with van der Waals surface area (Å²) in [5.41, 5.74) is 5.17. The van der Waals surface area contributed by atoms with Gasteiger partial charge in [-0.1, -0.05) is 6.92 Å². The van der Waals surface area contributed by atoms with Crippen LogP contribution in [0, 0.1) is 0 Å². The number of hydrogen-bond acceptors (Lipinski definition) is 5. The van der Waals surface area contributed by atoms with Gasteiger partial charge in [-0.05, 0) is 30.4 Å². The maximum absolute atomic E-state index is 11.9. The van der Waals surface area contributed by atoms with Crippen LogP contribution in [0.15, 0.2) is 18.2 Å². The lowest BCUT2D eigenvalue weighted by Gasteiger charge is -2.12. The van der Waals surface area contributed by atoms with E-state index in [0.717, 1.165) is 0 Å². The smallest absolute Gasteiger partial charge is 0.269 e. The van der Waals surface area contributed by atoms with Crippen molar-refractivity contribution in [2.45, 2.75) is 13.3 Å². The second-order valence-electron chi connectivity index (χ2n) is 3.88. The topological polar surface area (TPSA) is 88.7 Å². The number of nitrogens with one attached hydrogen (secondary N) is 3. The molecule has 0 aliphatic heterocycles. The molecular formula is C13H17N3O4S. The molecule has 0 unspecified atom stereocenters. The molecular weight excluding hydrogens is 294 g/mol. The first-order valence-corrected chi connectivity index (χ1v) is 6.54. The SMILES string of the molecule is CCC(=O)NC(=S)NNC(=O)c1ccc(OC)c(OC)c1. The fourth-order valence-electron chi connectivity index (χ4n) is 1.41. The van der Waals surface area contributed by atoms with E-state index >= 15 is 0 Å². The van der Waals surface area contributed by atoms with Gasteiger partial charge in [0, 0.05) is 12.0 Å². The highest BCUT2D eigenvalue weighted by Crippen LogP contribution is 2.27. The lowest BCUT2D eigenvalue weighted by Crippen LogP contribution is -2.48. The monoisotopic (exact) mass is 311 g/mol. The van der Waals surface area contributed by atoms with Crippen molar-refractivity contribution in [3.05, 3.63) is 23.8 Å². The Balaban J connectivity index is 2.64. The van der Waals surface area contributed by atoms with Crippen molar-refractivity contribution in [2.24, 2.45) is 0 Å². The number of amides is 2. The van der Waals surface area contributed by atoms with Gasteiger partial charge in [0.15, 0.2) is 16.6 Å². The standard InChI is InChI=1S/C13H17N3O4S/c1-4-11(17)14-13(21)16-15-12(18)8-5-6-9(19-2)10(7-8)20-3/h5-7H,4H2,1-3H3,(H,15,18)(H2,14,16,17,21). The van der Waals surface area contributed by atoms with Crippen molar-refractivity contribution in [3.63, 3.8) is 0 Å². The van der Waals surface area contributed by atoms with E-state index in [9.17, 15) is 9.59 Å². The maximum Gasteiger partial charge on any atom is 0.269 e. The Bertz CT molecular complexity index is 548. The molecule has 0 aliphatic rings. The molecule has 0 heterocycles. The van der Waals surface area contributed by atoms with Crippen LogP contribution in [0.5, 0.6) is 11.5 Å². The average molecular weight is 311 g/mol. The quantitative estimate of drug-likeness (QED) is 0.562. The van der Waals surface area contributed by atoms with Crippen LogP contribution in [0.3, 0.4) is 0 Å². The van der Waals surface area contributed by atoms with Gasteiger partial charge in [-0.2, -0.15) is 0 Å². The molecule has 0 atom stereocenters. The third-order valence-electron chi connectivity index (χ3n) is 2.51. The maximum atomic E-state index is 11.9. The molecule has 3 N–H and O–H groups in total. The second-order valence-corrected chi connectivity index (χ2v) is 4.29. The molecule has 2 amide bonds. The van der Waals surface area contributed by atoms with Gasteiger partial charge in [-0.25, -0.2) is 0 Å². The first-order valence-electron chi connectivity index (χ1n) is 6.14. The van der Waals surface area contributed by atoms with Crippen molar-refractivity contribution < 1.29 is 19.1 Å². The van der Waals surface area contributed by atoms with Crippen LogP contribution in [-0.2, 0) is 4.79 Å². The minimum atomic E-state index is -0.427. The molecule has 0 bridgehead atoms. The normalized spacial score (nSPS) is 9.48. The third-order valence-corrected chi connectivity index (χ3v) is 2.71. The Morgan fingerprint density at radius 1 is 1.14 bits per heavy atom. The molecule has 0 spiro atoms. The number of carbonyl (C=O) groups excluding carboxylic acids is 2. The Morgan fingerprint density at radius 2 is 1.81 bits per heavy atom. The largest absolute Gasteiger partial charge is 0.493 e. The molecule has 21 heavy (non-hydrogen) atoms. The summed E-state index contributed by atoms with van der Waals surface area (Å²) in [6, 6.07) is 4.72. The van der Waals surface area contributed by atoms with E-state index in [1.807, 2.05) is 0 Å². The molecule has 8 heteroatoms. The molecule has 0 radical (unpaired) electrons. The van der Waals surface area contributed by atoms with Crippen LogP contribution in [0.2, 0.25) is 0 Å². The molecule has 0 aromatic heterocycles. The van der Waals surface area contributed by atoms with E-state index in [1.54, 1.807) is 19.1 Å². The molecule has 7 nitrogen and oxygen atoms in total. The van der Waals surface area contributed by atoms with Gasteiger partial charge < -0.3 is 14.8 Å². The number of ether oxygens (including phenoxy) is 2. The molecule has 0 saturated carbocycles. The number of carbonyl (C=O) groups is 2. The molecule has 1 aromatic carbocycles. The number of rotatable bonds is 4. The van der Waals surface area contributed by atoms with Crippen LogP contribution in [0.25, 0.3) is 0 Å². The first-order chi connectivity index (χ1) is 10.0. The van der Waals surface area contributed by atoms with Crippen molar-refractivity contribution in [3.8, 4) is 11.5 Å². The van der Waals surface area contributed by atoms with Crippen LogP contribution < -0.4 is 25.6 Å². The van der Waals surface area contributed by atoms with Gasteiger partial charge in [0.2, 0.25) is 5.91 Å². The summed E-state index contributed by atoms with van der Waals surface area (Å²) in [6.07, 6.45) is 0.297. The van der Waals surface area contributed by atoms with Crippen molar-refractivity contribution in [1.82, 2.24) is 16.2 Å². The molecule has 0 aliphatic carbocycles. The zero-order valence-corrected chi connectivity index (χ0v) is 12.8. The Morgan fingerprint density at radius 3 is 2.38 bits per heavy atom. The number of thiocarbonyl (C=S) groups is 1. The fraction of sp³-hybridized carbons (Fsp3) is 0.308. The zero-order valence-electron chi connectivity index (χ0n) is 12.0. The summed E-state index contributed by atoms with van der Waals surface area (Å²) >= 11 is 4.85. The highest BCUT2D eigenvalue weighted by atomic mass is 32.1. The fourth-order valence-corrected chi connectivity index (χ4v) is 1.57. The van der Waals surface area contributed by atoms with Crippen LogP contribution >= 0.6 is 12.2 Å². The second kappa shape index (κ2) is 8.05. The average Bonchev–Trinajstić information content (AvgIpc) is 2.51. The number of hydrogen-bond donors (Lipinski definition) is 3. The lowest BCUT2D eigenvalue weighted by atomic mass is 10.2. The highest BCUT2D eigenvalue weighted by molar-refractivity contribution is 7.80. The van der Waals surface area contributed by atoms with E-state index in [0.29, 0.717) is 23.5 Å². The molecule has 114 valence electrons. The summed E-state index contributed by atoms with van der Waals surface area (Å²) in [7, 11) is 2.99. The van der Waals surface area contributed by atoms with Gasteiger partial charge >= 0.3 is 0 Å². The molecule has 0 fully saturated rings. The van der Waals surface area contributed by atoms with E-state index < -0.39 is 5.91 Å². The Kier molecular flexibility index (Phi) is 6.41. The number of hydrazine groups is 1. The van der Waals surface area contributed by atoms with Gasteiger partial charge in [0.25, 0.3) is 5.91 Å². The van der Waals surface area contributed by atoms with Gasteiger partial charge in [0.1, 0.15) is 0 Å². The molecule has 0 saturated heterocycles. The van der Waals surface area contributed by atoms with E-state index in [4.69, 9.17) is 21.7 Å². The summed E-state index contributed by atoms with van der Waals surface area (Å²) < 4.78 is 10.2. The number of methoxy groups -OCH3 is 2. The first kappa shape index (κ1) is 16.7. The highest BCUT2D eigenvalue weighted by Gasteiger charge is 2.11. The predicted octanol–water partition coefficient (Wildman–Crippen LogP) is 0.749. The lowest BCUT2D eigenvalue weighted by molar-refractivity contribution is -0.119. The van der Waals surface area contributed by atoms with Crippen molar-refractivity contribution in [1.29, 1.82) is 0 Å². The van der Waals surface area contributed by atoms with Gasteiger partial charge in [0.05, 0.1) is 14.2 Å². The van der Waals surface area contributed by atoms with Crippen molar-refractivity contribution >= 4 is 29.1 Å². The third kappa shape index (κ3) is 4.92.